The number of rotatable bonds is 6. The maximum absolute atomic E-state index is 12.9. The van der Waals surface area contributed by atoms with E-state index < -0.39 is 0 Å². The molecule has 4 heterocycles. The summed E-state index contributed by atoms with van der Waals surface area (Å²) in [5, 5.41) is 16.5. The van der Waals surface area contributed by atoms with E-state index in [4.69, 9.17) is 0 Å². The molecule has 1 aromatic carbocycles. The highest BCUT2D eigenvalue weighted by atomic mass is 32.2. The largest absolute Gasteiger partial charge is 0.355 e. The van der Waals surface area contributed by atoms with Crippen molar-refractivity contribution < 1.29 is 4.79 Å². The fourth-order valence-electron chi connectivity index (χ4n) is 3.83. The summed E-state index contributed by atoms with van der Waals surface area (Å²) in [4.78, 5) is 19.4. The summed E-state index contributed by atoms with van der Waals surface area (Å²) in [7, 11) is 0. The van der Waals surface area contributed by atoms with Crippen molar-refractivity contribution in [3.8, 4) is 0 Å². The lowest BCUT2D eigenvalue weighted by Gasteiger charge is -2.32. The molecule has 3 aromatic heterocycles. The molecule has 0 spiro atoms. The molecule has 5 rings (SSSR count). The van der Waals surface area contributed by atoms with Crippen LogP contribution >= 0.6 is 11.8 Å². The van der Waals surface area contributed by atoms with Crippen LogP contribution in [0.3, 0.4) is 0 Å². The van der Waals surface area contributed by atoms with Gasteiger partial charge in [-0.2, -0.15) is 4.52 Å². The van der Waals surface area contributed by atoms with Crippen molar-refractivity contribution in [2.75, 3.05) is 23.3 Å². The number of nitrogens with one attached hydrogen (secondary N) is 1. The molecule has 0 aliphatic carbocycles. The molecule has 0 atom stereocenters. The van der Waals surface area contributed by atoms with Gasteiger partial charge in [0.25, 0.3) is 0 Å². The molecule has 1 amide bonds. The van der Waals surface area contributed by atoms with Gasteiger partial charge in [-0.3, -0.25) is 4.79 Å². The van der Waals surface area contributed by atoms with Gasteiger partial charge in [-0.05, 0) is 54.8 Å². The average molecular weight is 446 g/mol. The minimum absolute atomic E-state index is 0.00329. The molecular weight excluding hydrogens is 422 g/mol. The van der Waals surface area contributed by atoms with Crippen molar-refractivity contribution in [2.24, 2.45) is 5.92 Å². The van der Waals surface area contributed by atoms with Crippen LogP contribution in [0.2, 0.25) is 0 Å². The summed E-state index contributed by atoms with van der Waals surface area (Å²) in [5.41, 5.74) is 2.73. The number of anilines is 2. The van der Waals surface area contributed by atoms with E-state index >= 15 is 0 Å². The van der Waals surface area contributed by atoms with E-state index in [0.29, 0.717) is 0 Å². The molecule has 0 saturated carbocycles. The lowest BCUT2D eigenvalue weighted by atomic mass is 9.95. The summed E-state index contributed by atoms with van der Waals surface area (Å²) in [6.07, 6.45) is 4.99. The molecule has 0 unspecified atom stereocenters. The molecule has 1 N–H and O–H groups in total. The van der Waals surface area contributed by atoms with Crippen LogP contribution in [0.5, 0.6) is 0 Å². The third kappa shape index (κ3) is 4.72. The molecule has 8 nitrogen and oxygen atoms in total. The molecule has 0 bridgehead atoms. The zero-order chi connectivity index (χ0) is 21.8. The van der Waals surface area contributed by atoms with Crippen LogP contribution in [0.15, 0.2) is 72.1 Å². The van der Waals surface area contributed by atoms with E-state index in [1.54, 1.807) is 28.8 Å². The Hall–Kier alpha value is -3.46. The minimum atomic E-state index is -0.00329. The van der Waals surface area contributed by atoms with Gasteiger partial charge in [0.1, 0.15) is 12.1 Å². The molecule has 1 saturated heterocycles. The topological polar surface area (TPSA) is 88.3 Å². The Morgan fingerprint density at radius 3 is 2.84 bits per heavy atom. The number of fused-ring (bicyclic) bond motifs is 1. The minimum Gasteiger partial charge on any atom is -0.355 e. The molecule has 1 fully saturated rings. The van der Waals surface area contributed by atoms with Crippen LogP contribution in [0.1, 0.15) is 18.4 Å². The number of amides is 1. The van der Waals surface area contributed by atoms with Gasteiger partial charge in [0.2, 0.25) is 5.91 Å². The van der Waals surface area contributed by atoms with Crippen molar-refractivity contribution in [3.63, 3.8) is 0 Å². The fourth-order valence-corrected chi connectivity index (χ4v) is 4.64. The Labute approximate surface area is 190 Å². The lowest BCUT2D eigenvalue weighted by Crippen LogP contribution is -2.38. The van der Waals surface area contributed by atoms with Gasteiger partial charge in [0.05, 0.1) is 5.03 Å². The molecular formula is C23H23N7OS. The van der Waals surface area contributed by atoms with Gasteiger partial charge in [-0.25, -0.2) is 4.98 Å². The first kappa shape index (κ1) is 20.4. The highest BCUT2D eigenvalue weighted by Gasteiger charge is 2.26. The van der Waals surface area contributed by atoms with Crippen molar-refractivity contribution >= 4 is 34.8 Å². The van der Waals surface area contributed by atoms with E-state index in [0.717, 1.165) is 59.4 Å². The number of benzene rings is 1. The summed E-state index contributed by atoms with van der Waals surface area (Å²) < 4.78 is 1.67. The number of hydrogen-bond donors (Lipinski definition) is 1. The standard InChI is InChI=1S/C23H23N7OS/c31-23(26-19-5-3-4-17(14-19)15-32-22-6-1-2-11-24-22)18-9-12-29(13-10-18)21-8-7-20-27-25-16-30(20)28-21/h1-8,11,14,16,18H,9-10,12-13,15H2,(H,26,31). The maximum Gasteiger partial charge on any atom is 0.227 e. The molecule has 9 heteroatoms. The van der Waals surface area contributed by atoms with Gasteiger partial charge >= 0.3 is 0 Å². The van der Waals surface area contributed by atoms with Gasteiger partial charge < -0.3 is 10.2 Å². The Kier molecular flexibility index (Phi) is 5.98. The van der Waals surface area contributed by atoms with Crippen LogP contribution < -0.4 is 10.2 Å². The van der Waals surface area contributed by atoms with Crippen LogP contribution in [0.25, 0.3) is 5.65 Å². The molecule has 0 radical (unpaired) electrons. The average Bonchev–Trinajstić information content (AvgIpc) is 3.32. The second-order valence-electron chi connectivity index (χ2n) is 7.73. The third-order valence-corrected chi connectivity index (χ3v) is 6.57. The summed E-state index contributed by atoms with van der Waals surface area (Å²) in [6.45, 7) is 1.58. The molecule has 4 aromatic rings. The van der Waals surface area contributed by atoms with E-state index in [1.165, 1.54) is 0 Å². The molecule has 1 aliphatic heterocycles. The van der Waals surface area contributed by atoms with E-state index in [1.807, 2.05) is 48.5 Å². The van der Waals surface area contributed by atoms with Crippen molar-refractivity contribution in [1.82, 2.24) is 24.8 Å². The Bertz CT molecular complexity index is 1210. The van der Waals surface area contributed by atoms with Gasteiger partial charge in [-0.1, -0.05) is 18.2 Å². The first-order valence-corrected chi connectivity index (χ1v) is 11.6. The van der Waals surface area contributed by atoms with Crippen LogP contribution in [-0.4, -0.2) is 43.8 Å². The summed E-state index contributed by atoms with van der Waals surface area (Å²) in [5.74, 6) is 1.77. The van der Waals surface area contributed by atoms with Crippen LogP contribution in [0, 0.1) is 5.92 Å². The zero-order valence-corrected chi connectivity index (χ0v) is 18.3. The number of nitrogens with zero attached hydrogens (tertiary/aromatic N) is 6. The molecule has 32 heavy (non-hydrogen) atoms. The number of carbonyl (C=O) groups is 1. The third-order valence-electron chi connectivity index (χ3n) is 5.56. The number of pyridine rings is 1. The van der Waals surface area contributed by atoms with Crippen molar-refractivity contribution in [2.45, 2.75) is 23.6 Å². The number of carbonyl (C=O) groups excluding carboxylic acids is 1. The Balaban J connectivity index is 1.15. The molecule has 1 aliphatic rings. The SMILES string of the molecule is O=C(Nc1cccc(CSc2ccccn2)c1)C1CCN(c2ccc3nncn3n2)CC1. The summed E-state index contributed by atoms with van der Waals surface area (Å²) in [6, 6.07) is 17.8. The first-order valence-electron chi connectivity index (χ1n) is 10.6. The van der Waals surface area contributed by atoms with E-state index in [2.05, 4.69) is 36.6 Å². The van der Waals surface area contributed by atoms with Gasteiger partial charge in [0.15, 0.2) is 5.65 Å². The number of hydrogen-bond acceptors (Lipinski definition) is 7. The smallest absolute Gasteiger partial charge is 0.227 e. The predicted octanol–water partition coefficient (Wildman–Crippen LogP) is 3.67. The van der Waals surface area contributed by atoms with Crippen LogP contribution in [-0.2, 0) is 10.5 Å². The number of aromatic nitrogens is 5. The Morgan fingerprint density at radius 1 is 1.09 bits per heavy atom. The first-order chi connectivity index (χ1) is 15.7. The maximum atomic E-state index is 12.9. The molecule has 162 valence electrons. The zero-order valence-electron chi connectivity index (χ0n) is 17.5. The van der Waals surface area contributed by atoms with E-state index in [-0.39, 0.29) is 11.8 Å². The second kappa shape index (κ2) is 9.35. The van der Waals surface area contributed by atoms with Crippen molar-refractivity contribution in [1.29, 1.82) is 0 Å². The Morgan fingerprint density at radius 2 is 2.00 bits per heavy atom. The van der Waals surface area contributed by atoms with Crippen molar-refractivity contribution in [3.05, 3.63) is 72.7 Å². The normalized spacial score (nSPS) is 14.6. The van der Waals surface area contributed by atoms with E-state index in [9.17, 15) is 4.79 Å². The van der Waals surface area contributed by atoms with Gasteiger partial charge in [0, 0.05) is 36.6 Å². The fraction of sp³-hybridized carbons (Fsp3) is 0.261. The quantitative estimate of drug-likeness (QED) is 0.453. The highest BCUT2D eigenvalue weighted by Crippen LogP contribution is 2.25. The predicted molar refractivity (Wildman–Crippen MR) is 125 cm³/mol. The monoisotopic (exact) mass is 445 g/mol. The van der Waals surface area contributed by atoms with Crippen LogP contribution in [0.4, 0.5) is 11.5 Å². The number of piperidine rings is 1. The second-order valence-corrected chi connectivity index (χ2v) is 8.73. The summed E-state index contributed by atoms with van der Waals surface area (Å²) >= 11 is 1.68. The number of thioether (sulfide) groups is 1. The van der Waals surface area contributed by atoms with Gasteiger partial charge in [-0.15, -0.1) is 27.1 Å². The highest BCUT2D eigenvalue weighted by molar-refractivity contribution is 7.98. The lowest BCUT2D eigenvalue weighted by molar-refractivity contribution is -0.120.